The van der Waals surface area contributed by atoms with Gasteiger partial charge in [0.15, 0.2) is 0 Å². The van der Waals surface area contributed by atoms with Crippen molar-refractivity contribution in [3.63, 3.8) is 0 Å². The fourth-order valence-corrected chi connectivity index (χ4v) is 8.83. The van der Waals surface area contributed by atoms with Crippen molar-refractivity contribution < 1.29 is 0 Å². The van der Waals surface area contributed by atoms with Crippen LogP contribution < -0.4 is 5.32 Å². The molecule has 3 aliphatic carbocycles. The van der Waals surface area contributed by atoms with Crippen LogP contribution in [0.15, 0.2) is 114 Å². The second kappa shape index (κ2) is 13.0. The quantitative estimate of drug-likeness (QED) is 0.0934. The Labute approximate surface area is 297 Å². The zero-order chi connectivity index (χ0) is 34.5. The van der Waals surface area contributed by atoms with Gasteiger partial charge in [-0.05, 0) is 113 Å². The van der Waals surface area contributed by atoms with Crippen molar-refractivity contribution in [3.8, 4) is 11.1 Å². The number of fused-ring (bicyclic) bond motifs is 6. The Morgan fingerprint density at radius 2 is 1.68 bits per heavy atom. The summed E-state index contributed by atoms with van der Waals surface area (Å²) in [6, 6.07) is 27.6. The topological polar surface area (TPSA) is 17.0 Å². The first-order chi connectivity index (χ1) is 24.4. The van der Waals surface area contributed by atoms with Gasteiger partial charge in [-0.1, -0.05) is 110 Å². The lowest BCUT2D eigenvalue weighted by Crippen LogP contribution is -2.19. The van der Waals surface area contributed by atoms with E-state index in [2.05, 4.69) is 167 Å². The van der Waals surface area contributed by atoms with Gasteiger partial charge in [0.1, 0.15) is 0 Å². The van der Waals surface area contributed by atoms with Crippen molar-refractivity contribution in [1.29, 1.82) is 0 Å². The van der Waals surface area contributed by atoms with E-state index in [1.807, 2.05) is 0 Å². The molecule has 2 unspecified atom stereocenters. The van der Waals surface area contributed by atoms with Gasteiger partial charge in [0.05, 0.1) is 11.2 Å². The summed E-state index contributed by atoms with van der Waals surface area (Å²) in [7, 11) is 4.28. The third kappa shape index (κ3) is 5.44. The van der Waals surface area contributed by atoms with Crippen molar-refractivity contribution in [2.24, 2.45) is 18.9 Å². The van der Waals surface area contributed by atoms with E-state index in [1.54, 1.807) is 0 Å². The fraction of sp³-hybridized carbons (Fsp3) is 0.271. The highest BCUT2D eigenvalue weighted by atomic mass is 14.9. The van der Waals surface area contributed by atoms with E-state index in [0.717, 1.165) is 19.3 Å². The monoisotopic (exact) mass is 652 g/mol. The average molecular weight is 653 g/mol. The van der Waals surface area contributed by atoms with Crippen LogP contribution in [0.1, 0.15) is 92.8 Å². The molecule has 250 valence electrons. The Balaban J connectivity index is 1.09. The van der Waals surface area contributed by atoms with E-state index in [4.69, 9.17) is 0 Å². The maximum atomic E-state index is 3.63. The molecule has 1 heterocycles. The van der Waals surface area contributed by atoms with E-state index in [1.165, 1.54) is 95.2 Å². The third-order valence-corrected chi connectivity index (χ3v) is 11.3. The smallest absolute Gasteiger partial charge is 0.0573 e. The van der Waals surface area contributed by atoms with Gasteiger partial charge in [0.25, 0.3) is 0 Å². The first-order valence-electron chi connectivity index (χ1n) is 18.5. The summed E-state index contributed by atoms with van der Waals surface area (Å²) in [5.41, 5.74) is 21.0. The second-order valence-electron chi connectivity index (χ2n) is 14.9. The molecular weight excluding hydrogens is 605 g/mol. The van der Waals surface area contributed by atoms with E-state index < -0.39 is 0 Å². The Bertz CT molecular complexity index is 2350. The minimum absolute atomic E-state index is 0.431. The van der Waals surface area contributed by atoms with Crippen LogP contribution >= 0.6 is 0 Å². The number of benzene rings is 4. The molecule has 1 N–H and O–H groups in total. The zero-order valence-corrected chi connectivity index (χ0v) is 30.4. The Hall–Kier alpha value is -5.04. The minimum atomic E-state index is 0.431. The second-order valence-corrected chi connectivity index (χ2v) is 14.9. The highest BCUT2D eigenvalue weighted by molar-refractivity contribution is 6.16. The number of allylic oxidation sites excluding steroid dienone is 8. The van der Waals surface area contributed by atoms with Crippen LogP contribution in [0.3, 0.4) is 0 Å². The van der Waals surface area contributed by atoms with Crippen LogP contribution in [0, 0.1) is 11.8 Å². The van der Waals surface area contributed by atoms with Gasteiger partial charge in [0.2, 0.25) is 0 Å². The normalized spacial score (nSPS) is 17.9. The first kappa shape index (κ1) is 32.2. The van der Waals surface area contributed by atoms with Crippen molar-refractivity contribution in [1.82, 2.24) is 9.88 Å². The molecule has 2 atom stereocenters. The largest absolute Gasteiger partial charge is 0.391 e. The van der Waals surface area contributed by atoms with E-state index >= 15 is 0 Å². The van der Waals surface area contributed by atoms with E-state index in [0.29, 0.717) is 17.8 Å². The Morgan fingerprint density at radius 1 is 0.900 bits per heavy atom. The molecule has 3 aliphatic rings. The van der Waals surface area contributed by atoms with Crippen LogP contribution in [-0.4, -0.2) is 11.6 Å². The molecule has 1 aromatic heterocycles. The maximum Gasteiger partial charge on any atom is 0.0573 e. The van der Waals surface area contributed by atoms with Gasteiger partial charge >= 0.3 is 0 Å². The summed E-state index contributed by atoms with van der Waals surface area (Å²) >= 11 is 0. The number of nitrogens with one attached hydrogen (secondary N) is 1. The molecule has 0 saturated heterocycles. The lowest BCUT2D eigenvalue weighted by molar-refractivity contribution is 0.581. The van der Waals surface area contributed by atoms with E-state index in [9.17, 15) is 0 Å². The van der Waals surface area contributed by atoms with Gasteiger partial charge in [-0.2, -0.15) is 0 Å². The molecule has 50 heavy (non-hydrogen) atoms. The molecule has 2 heteroatoms. The molecule has 0 aliphatic heterocycles. The molecule has 4 aromatic carbocycles. The number of rotatable bonds is 9. The summed E-state index contributed by atoms with van der Waals surface area (Å²) in [5, 5.41) is 7.56. The van der Waals surface area contributed by atoms with Crippen LogP contribution in [0.5, 0.6) is 0 Å². The van der Waals surface area contributed by atoms with Gasteiger partial charge in [0, 0.05) is 48.1 Å². The summed E-state index contributed by atoms with van der Waals surface area (Å²) < 4.78 is 2.33. The minimum Gasteiger partial charge on any atom is -0.391 e. The predicted octanol–water partition coefficient (Wildman–Crippen LogP) is 12.5. The molecule has 0 radical (unpaired) electrons. The Morgan fingerprint density at radius 3 is 2.42 bits per heavy atom. The van der Waals surface area contributed by atoms with Crippen molar-refractivity contribution >= 4 is 45.0 Å². The van der Waals surface area contributed by atoms with Crippen LogP contribution in [0.4, 0.5) is 0 Å². The SMILES string of the molecule is CN/C(=C(/c1ccccc1C(/C=C\CC1c2ccc(-c3cc4c5c(n(C)c4c4ccccc34)C=C=C5)cc21)=C(C)C)C1CC=CCC1)C(C)C. The molecule has 2 nitrogen and oxygen atoms in total. The summed E-state index contributed by atoms with van der Waals surface area (Å²) in [6.07, 6.45) is 18.3. The number of nitrogens with zero attached hydrogens (tertiary/aromatic N) is 1. The van der Waals surface area contributed by atoms with Gasteiger partial charge in [-0.15, -0.1) is 5.73 Å². The summed E-state index contributed by atoms with van der Waals surface area (Å²) in [4.78, 5) is 0. The average Bonchev–Trinajstić information content (AvgIpc) is 3.44. The van der Waals surface area contributed by atoms with E-state index in [-0.39, 0.29) is 0 Å². The van der Waals surface area contributed by atoms with Crippen molar-refractivity contribution in [2.75, 3.05) is 7.05 Å². The number of aromatic nitrogens is 1. The number of hydrogen-bond acceptors (Lipinski definition) is 1. The lowest BCUT2D eigenvalue weighted by atomic mass is 9.78. The molecular formula is C48H48N2. The van der Waals surface area contributed by atoms with Crippen LogP contribution in [-0.2, 0) is 7.05 Å². The number of aryl methyl sites for hydroxylation is 1. The van der Waals surface area contributed by atoms with Crippen molar-refractivity contribution in [2.45, 2.75) is 59.3 Å². The van der Waals surface area contributed by atoms with Crippen LogP contribution in [0.2, 0.25) is 0 Å². The summed E-state index contributed by atoms with van der Waals surface area (Å²) in [6.45, 7) is 9.16. The first-order valence-corrected chi connectivity index (χ1v) is 18.5. The highest BCUT2D eigenvalue weighted by Crippen LogP contribution is 2.49. The molecule has 0 fully saturated rings. The zero-order valence-electron chi connectivity index (χ0n) is 30.4. The van der Waals surface area contributed by atoms with Gasteiger partial charge < -0.3 is 9.88 Å². The highest BCUT2D eigenvalue weighted by Gasteiger charge is 2.32. The summed E-state index contributed by atoms with van der Waals surface area (Å²) in [5.74, 6) is 1.44. The molecule has 0 saturated carbocycles. The standard InChI is InChI=1S/C48H48N2/c1-30(2)34(35-18-10-12-20-40(35)46(47(49-5)31(3)4)32-16-8-7-9-17-32)22-14-23-36-38-27-26-33(28-43(36)38)42-29-44-39-24-15-25-45(39)50(6)48(44)41-21-13-11-19-37(41)42/h7-8,10-14,18-22,24-29,31-32,36,49H,9,16-17,23H2,1-6H3/b22-14-,47-46+. The van der Waals surface area contributed by atoms with Crippen LogP contribution in [0.25, 0.3) is 56.1 Å². The van der Waals surface area contributed by atoms with Crippen molar-refractivity contribution in [3.05, 3.63) is 148 Å². The molecule has 0 amide bonds. The third-order valence-electron chi connectivity index (χ3n) is 11.3. The molecule has 0 bridgehead atoms. The lowest BCUT2D eigenvalue weighted by Gasteiger charge is -2.29. The molecule has 0 spiro atoms. The van der Waals surface area contributed by atoms with Gasteiger partial charge in [-0.3, -0.25) is 0 Å². The maximum absolute atomic E-state index is 3.63. The number of hydrogen-bond donors (Lipinski definition) is 1. The Kier molecular flexibility index (Phi) is 8.38. The predicted molar refractivity (Wildman–Crippen MR) is 216 cm³/mol. The fourth-order valence-electron chi connectivity index (χ4n) is 8.83. The van der Waals surface area contributed by atoms with Gasteiger partial charge in [-0.25, -0.2) is 0 Å². The molecule has 5 aromatic rings. The molecule has 8 rings (SSSR count).